The Balaban J connectivity index is 1.88. The standard InChI is InChI=1S/C14H26N4O2/c1-13(2)11(14(13,3)4)12(19)18-7-5-17(6-8-18)9-10(15)16-20/h11,20H,5-9H2,1-4H3,(H2,15,16). The van der Waals surface area contributed by atoms with Gasteiger partial charge in [0.1, 0.15) is 0 Å². The molecule has 0 spiro atoms. The van der Waals surface area contributed by atoms with Crippen molar-refractivity contribution in [2.45, 2.75) is 27.7 Å². The highest BCUT2D eigenvalue weighted by Crippen LogP contribution is 2.68. The van der Waals surface area contributed by atoms with Crippen molar-refractivity contribution >= 4 is 11.7 Å². The van der Waals surface area contributed by atoms with E-state index in [1.165, 1.54) is 0 Å². The molecule has 0 unspecified atom stereocenters. The maximum absolute atomic E-state index is 12.6. The average Bonchev–Trinajstić information content (AvgIpc) is 2.79. The monoisotopic (exact) mass is 282 g/mol. The van der Waals surface area contributed by atoms with Crippen molar-refractivity contribution in [3.05, 3.63) is 0 Å². The highest BCUT2D eigenvalue weighted by atomic mass is 16.4. The summed E-state index contributed by atoms with van der Waals surface area (Å²) in [7, 11) is 0. The van der Waals surface area contributed by atoms with Crippen LogP contribution in [0.5, 0.6) is 0 Å². The second-order valence-corrected chi connectivity index (χ2v) is 7.07. The number of carbonyl (C=O) groups excluding carboxylic acids is 1. The molecule has 0 aromatic heterocycles. The highest BCUT2D eigenvalue weighted by Gasteiger charge is 2.68. The Bertz CT molecular complexity index is 409. The number of carbonyl (C=O) groups is 1. The zero-order chi connectivity index (χ0) is 15.1. The second-order valence-electron chi connectivity index (χ2n) is 7.07. The fourth-order valence-electron chi connectivity index (χ4n) is 3.38. The zero-order valence-electron chi connectivity index (χ0n) is 12.9. The normalized spacial score (nSPS) is 26.6. The third-order valence-electron chi connectivity index (χ3n) is 5.47. The Morgan fingerprint density at radius 2 is 1.70 bits per heavy atom. The van der Waals surface area contributed by atoms with Gasteiger partial charge in [0.25, 0.3) is 0 Å². The molecule has 20 heavy (non-hydrogen) atoms. The molecule has 6 nitrogen and oxygen atoms in total. The average molecular weight is 282 g/mol. The fraction of sp³-hybridized carbons (Fsp3) is 0.857. The van der Waals surface area contributed by atoms with Crippen molar-refractivity contribution in [2.75, 3.05) is 32.7 Å². The van der Waals surface area contributed by atoms with Crippen LogP contribution in [0.25, 0.3) is 0 Å². The van der Waals surface area contributed by atoms with E-state index in [0.29, 0.717) is 6.54 Å². The molecule has 2 rings (SSSR count). The van der Waals surface area contributed by atoms with Crippen molar-refractivity contribution in [1.82, 2.24) is 9.80 Å². The van der Waals surface area contributed by atoms with Gasteiger partial charge >= 0.3 is 0 Å². The summed E-state index contributed by atoms with van der Waals surface area (Å²) in [4.78, 5) is 16.7. The van der Waals surface area contributed by atoms with Crippen LogP contribution in [-0.2, 0) is 4.79 Å². The molecule has 0 aromatic rings. The van der Waals surface area contributed by atoms with E-state index >= 15 is 0 Å². The fourth-order valence-corrected chi connectivity index (χ4v) is 3.38. The molecule has 0 atom stereocenters. The van der Waals surface area contributed by atoms with E-state index in [2.05, 4.69) is 37.8 Å². The Kier molecular flexibility index (Phi) is 3.71. The van der Waals surface area contributed by atoms with Gasteiger partial charge in [-0.1, -0.05) is 32.9 Å². The summed E-state index contributed by atoms with van der Waals surface area (Å²) in [6.07, 6.45) is 0. The van der Waals surface area contributed by atoms with E-state index in [1.807, 2.05) is 4.90 Å². The van der Waals surface area contributed by atoms with Crippen molar-refractivity contribution in [2.24, 2.45) is 27.6 Å². The third-order valence-corrected chi connectivity index (χ3v) is 5.47. The third kappa shape index (κ3) is 2.37. The predicted octanol–water partition coefficient (Wildman–Crippen LogP) is 0.559. The first-order valence-electron chi connectivity index (χ1n) is 7.19. The van der Waals surface area contributed by atoms with E-state index in [9.17, 15) is 4.79 Å². The number of piperazine rings is 1. The molecule has 114 valence electrons. The number of amides is 1. The minimum absolute atomic E-state index is 0.0925. The summed E-state index contributed by atoms with van der Waals surface area (Å²) < 4.78 is 0. The number of rotatable bonds is 3. The van der Waals surface area contributed by atoms with Gasteiger partial charge in [0.05, 0.1) is 6.54 Å². The van der Waals surface area contributed by atoms with Gasteiger partial charge in [-0.25, -0.2) is 0 Å². The molecule has 0 aromatic carbocycles. The lowest BCUT2D eigenvalue weighted by molar-refractivity contribution is -0.135. The molecule has 0 radical (unpaired) electrons. The zero-order valence-corrected chi connectivity index (χ0v) is 12.9. The molecule has 3 N–H and O–H groups in total. The Labute approximate surface area is 120 Å². The highest BCUT2D eigenvalue weighted by molar-refractivity contribution is 5.84. The molecule has 1 amide bonds. The van der Waals surface area contributed by atoms with E-state index < -0.39 is 0 Å². The van der Waals surface area contributed by atoms with Crippen molar-refractivity contribution < 1.29 is 10.0 Å². The number of nitrogens with zero attached hydrogens (tertiary/aromatic N) is 3. The maximum Gasteiger partial charge on any atom is 0.226 e. The van der Waals surface area contributed by atoms with Crippen LogP contribution in [-0.4, -0.2) is 59.5 Å². The lowest BCUT2D eigenvalue weighted by Gasteiger charge is -2.34. The molecule has 1 heterocycles. The minimum Gasteiger partial charge on any atom is -0.409 e. The SMILES string of the molecule is CC1(C)C(C(=O)N2CCN(CC(N)=NO)CC2)C1(C)C. The van der Waals surface area contributed by atoms with Gasteiger partial charge in [0.15, 0.2) is 5.84 Å². The molecular formula is C14H26N4O2. The summed E-state index contributed by atoms with van der Waals surface area (Å²) in [5.74, 6) is 0.628. The smallest absolute Gasteiger partial charge is 0.226 e. The van der Waals surface area contributed by atoms with E-state index in [4.69, 9.17) is 10.9 Å². The van der Waals surface area contributed by atoms with E-state index in [0.717, 1.165) is 26.2 Å². The molecule has 1 saturated heterocycles. The van der Waals surface area contributed by atoms with Crippen LogP contribution < -0.4 is 5.73 Å². The van der Waals surface area contributed by atoms with Crippen LogP contribution in [0.3, 0.4) is 0 Å². The van der Waals surface area contributed by atoms with Gasteiger partial charge in [-0.2, -0.15) is 0 Å². The Morgan fingerprint density at radius 1 is 1.20 bits per heavy atom. The number of amidine groups is 1. The Hall–Kier alpha value is -1.30. The summed E-state index contributed by atoms with van der Waals surface area (Å²) in [5.41, 5.74) is 5.69. The number of hydrogen-bond acceptors (Lipinski definition) is 4. The van der Waals surface area contributed by atoms with Gasteiger partial charge in [0.2, 0.25) is 5.91 Å². The van der Waals surface area contributed by atoms with Crippen LogP contribution in [0, 0.1) is 16.7 Å². The Morgan fingerprint density at radius 3 is 2.10 bits per heavy atom. The first-order chi connectivity index (χ1) is 9.21. The topological polar surface area (TPSA) is 82.2 Å². The lowest BCUT2D eigenvalue weighted by Crippen LogP contribution is -2.51. The molecule has 1 aliphatic carbocycles. The van der Waals surface area contributed by atoms with E-state index in [-0.39, 0.29) is 28.5 Å². The quantitative estimate of drug-likeness (QED) is 0.343. The van der Waals surface area contributed by atoms with Crippen LogP contribution in [0.4, 0.5) is 0 Å². The minimum atomic E-state index is 0.0925. The molecule has 1 saturated carbocycles. The summed E-state index contributed by atoms with van der Waals surface area (Å²) in [6, 6.07) is 0. The van der Waals surface area contributed by atoms with Gasteiger partial charge in [-0.3, -0.25) is 9.69 Å². The summed E-state index contributed by atoms with van der Waals surface area (Å²) >= 11 is 0. The summed E-state index contributed by atoms with van der Waals surface area (Å²) in [6.45, 7) is 12.1. The number of oxime groups is 1. The first-order valence-corrected chi connectivity index (χ1v) is 7.19. The molecular weight excluding hydrogens is 256 g/mol. The van der Waals surface area contributed by atoms with Crippen molar-refractivity contribution in [1.29, 1.82) is 0 Å². The second kappa shape index (κ2) is 4.91. The van der Waals surface area contributed by atoms with Gasteiger partial charge < -0.3 is 15.8 Å². The molecule has 1 aliphatic heterocycles. The first kappa shape index (κ1) is 15.1. The molecule has 2 fully saturated rings. The van der Waals surface area contributed by atoms with Gasteiger partial charge in [-0.05, 0) is 10.8 Å². The van der Waals surface area contributed by atoms with Crippen molar-refractivity contribution in [3.63, 3.8) is 0 Å². The molecule has 2 aliphatic rings. The maximum atomic E-state index is 12.6. The number of hydrogen-bond donors (Lipinski definition) is 2. The lowest BCUT2D eigenvalue weighted by atomic mass is 10.0. The molecule has 6 heteroatoms. The van der Waals surface area contributed by atoms with Gasteiger partial charge in [-0.15, -0.1) is 0 Å². The van der Waals surface area contributed by atoms with Crippen LogP contribution in [0.15, 0.2) is 5.16 Å². The van der Waals surface area contributed by atoms with Crippen LogP contribution >= 0.6 is 0 Å². The van der Waals surface area contributed by atoms with Crippen LogP contribution in [0.1, 0.15) is 27.7 Å². The summed E-state index contributed by atoms with van der Waals surface area (Å²) in [5, 5.41) is 11.6. The van der Waals surface area contributed by atoms with Crippen molar-refractivity contribution in [3.8, 4) is 0 Å². The predicted molar refractivity (Wildman–Crippen MR) is 77.5 cm³/mol. The van der Waals surface area contributed by atoms with E-state index in [1.54, 1.807) is 0 Å². The van der Waals surface area contributed by atoms with Crippen LogP contribution in [0.2, 0.25) is 0 Å². The molecule has 0 bridgehead atoms. The van der Waals surface area contributed by atoms with Gasteiger partial charge in [0, 0.05) is 32.1 Å². The number of nitrogens with two attached hydrogens (primary N) is 1. The largest absolute Gasteiger partial charge is 0.409 e.